The van der Waals surface area contributed by atoms with Gasteiger partial charge in [-0.15, -0.1) is 0 Å². The number of rotatable bonds is 2. The number of morpholine rings is 1. The Morgan fingerprint density at radius 3 is 3.00 bits per heavy atom. The molecule has 0 spiro atoms. The van der Waals surface area contributed by atoms with Gasteiger partial charge in [-0.2, -0.15) is 0 Å². The van der Waals surface area contributed by atoms with Crippen molar-refractivity contribution < 1.29 is 9.15 Å². The van der Waals surface area contributed by atoms with Gasteiger partial charge in [0.1, 0.15) is 11.9 Å². The number of oxazole rings is 1. The zero-order valence-electron chi connectivity index (χ0n) is 9.19. The molecule has 3 rings (SSSR count). The molecule has 6 heteroatoms. The lowest BCUT2D eigenvalue weighted by atomic mass is 10.2. The number of aromatic nitrogens is 3. The van der Waals surface area contributed by atoms with Gasteiger partial charge in [-0.05, 0) is 0 Å². The highest BCUT2D eigenvalue weighted by molar-refractivity contribution is 5.36. The second kappa shape index (κ2) is 4.50. The van der Waals surface area contributed by atoms with Crippen LogP contribution in [-0.2, 0) is 4.74 Å². The highest BCUT2D eigenvalue weighted by Crippen LogP contribution is 2.24. The van der Waals surface area contributed by atoms with E-state index in [-0.39, 0.29) is 6.10 Å². The summed E-state index contributed by atoms with van der Waals surface area (Å²) in [4.78, 5) is 14.4. The molecule has 2 aromatic heterocycles. The van der Waals surface area contributed by atoms with E-state index < -0.39 is 0 Å². The van der Waals surface area contributed by atoms with E-state index in [0.29, 0.717) is 13.2 Å². The predicted octanol–water partition coefficient (Wildman–Crippen LogP) is 1.04. The minimum absolute atomic E-state index is 0.0896. The van der Waals surface area contributed by atoms with Crippen molar-refractivity contribution in [1.82, 2.24) is 15.0 Å². The molecule has 0 N–H and O–H groups in total. The van der Waals surface area contributed by atoms with Crippen molar-refractivity contribution in [3.63, 3.8) is 0 Å². The van der Waals surface area contributed by atoms with Gasteiger partial charge in [0.15, 0.2) is 12.2 Å². The molecular formula is C11H12N4O2. The van der Waals surface area contributed by atoms with Crippen LogP contribution < -0.4 is 4.90 Å². The first-order chi connectivity index (χ1) is 8.43. The standard InChI is InChI=1S/C11H12N4O2/c1-2-14-11(6-12-1)15-3-4-16-10(7-15)9-5-13-8-17-9/h1-2,5-6,8,10H,3-4,7H2. The summed E-state index contributed by atoms with van der Waals surface area (Å²) in [5.74, 6) is 1.61. The Morgan fingerprint density at radius 2 is 2.24 bits per heavy atom. The third-order valence-electron chi connectivity index (χ3n) is 2.71. The van der Waals surface area contributed by atoms with Crippen molar-refractivity contribution >= 4 is 5.82 Å². The van der Waals surface area contributed by atoms with Crippen LogP contribution in [0.1, 0.15) is 11.9 Å². The van der Waals surface area contributed by atoms with Crippen LogP contribution in [0.2, 0.25) is 0 Å². The summed E-state index contributed by atoms with van der Waals surface area (Å²) in [6.07, 6.45) is 8.12. The lowest BCUT2D eigenvalue weighted by molar-refractivity contribution is 0.0255. The molecule has 1 atom stereocenters. The minimum atomic E-state index is -0.0896. The van der Waals surface area contributed by atoms with E-state index in [0.717, 1.165) is 18.1 Å². The largest absolute Gasteiger partial charge is 0.446 e. The maximum Gasteiger partial charge on any atom is 0.180 e. The summed E-state index contributed by atoms with van der Waals surface area (Å²) in [6, 6.07) is 0. The van der Waals surface area contributed by atoms with Gasteiger partial charge in [0.2, 0.25) is 0 Å². The molecule has 1 aliphatic rings. The van der Waals surface area contributed by atoms with Crippen LogP contribution in [0.15, 0.2) is 35.6 Å². The highest BCUT2D eigenvalue weighted by atomic mass is 16.5. The molecule has 88 valence electrons. The van der Waals surface area contributed by atoms with Gasteiger partial charge >= 0.3 is 0 Å². The smallest absolute Gasteiger partial charge is 0.180 e. The van der Waals surface area contributed by atoms with E-state index in [9.17, 15) is 0 Å². The summed E-state index contributed by atoms with van der Waals surface area (Å²) in [7, 11) is 0. The summed E-state index contributed by atoms with van der Waals surface area (Å²) in [6.45, 7) is 2.15. The summed E-state index contributed by atoms with van der Waals surface area (Å²) in [5, 5.41) is 0. The molecule has 0 aliphatic carbocycles. The van der Waals surface area contributed by atoms with Gasteiger partial charge in [-0.3, -0.25) is 4.98 Å². The van der Waals surface area contributed by atoms with Crippen LogP contribution in [0, 0.1) is 0 Å². The Balaban J connectivity index is 1.76. The predicted molar refractivity (Wildman–Crippen MR) is 59.4 cm³/mol. The van der Waals surface area contributed by atoms with Crippen LogP contribution >= 0.6 is 0 Å². The second-order valence-electron chi connectivity index (χ2n) is 3.77. The minimum Gasteiger partial charge on any atom is -0.446 e. The molecule has 2 aromatic rings. The fraction of sp³-hybridized carbons (Fsp3) is 0.364. The average molecular weight is 232 g/mol. The Bertz CT molecular complexity index is 460. The molecule has 3 heterocycles. The first-order valence-corrected chi connectivity index (χ1v) is 5.44. The molecule has 1 saturated heterocycles. The number of nitrogens with zero attached hydrogens (tertiary/aromatic N) is 4. The highest BCUT2D eigenvalue weighted by Gasteiger charge is 2.25. The quantitative estimate of drug-likeness (QED) is 0.771. The number of hydrogen-bond acceptors (Lipinski definition) is 6. The number of ether oxygens (including phenoxy) is 1. The molecule has 1 unspecified atom stereocenters. The van der Waals surface area contributed by atoms with Crippen molar-refractivity contribution in [2.75, 3.05) is 24.6 Å². The van der Waals surface area contributed by atoms with Gasteiger partial charge in [0, 0.05) is 18.9 Å². The fourth-order valence-electron chi connectivity index (χ4n) is 1.87. The van der Waals surface area contributed by atoms with E-state index in [2.05, 4.69) is 19.9 Å². The monoisotopic (exact) mass is 232 g/mol. The summed E-state index contributed by atoms with van der Waals surface area (Å²) in [5.41, 5.74) is 0. The van der Waals surface area contributed by atoms with Crippen LogP contribution in [0.5, 0.6) is 0 Å². The molecule has 17 heavy (non-hydrogen) atoms. The van der Waals surface area contributed by atoms with Crippen molar-refractivity contribution in [3.8, 4) is 0 Å². The maximum absolute atomic E-state index is 5.65. The van der Waals surface area contributed by atoms with Crippen LogP contribution in [0.25, 0.3) is 0 Å². The van der Waals surface area contributed by atoms with Crippen LogP contribution in [0.4, 0.5) is 5.82 Å². The van der Waals surface area contributed by atoms with Gasteiger partial charge in [0.25, 0.3) is 0 Å². The third kappa shape index (κ3) is 2.12. The van der Waals surface area contributed by atoms with Crippen LogP contribution in [0.3, 0.4) is 0 Å². The lowest BCUT2D eigenvalue weighted by Crippen LogP contribution is -2.38. The number of anilines is 1. The maximum atomic E-state index is 5.65. The second-order valence-corrected chi connectivity index (χ2v) is 3.77. The molecule has 0 amide bonds. The molecule has 0 saturated carbocycles. The fourth-order valence-corrected chi connectivity index (χ4v) is 1.87. The number of hydrogen-bond donors (Lipinski definition) is 0. The van der Waals surface area contributed by atoms with Gasteiger partial charge < -0.3 is 14.1 Å². The Hall–Kier alpha value is -1.95. The first-order valence-electron chi connectivity index (χ1n) is 5.44. The zero-order chi connectivity index (χ0) is 11.5. The van der Waals surface area contributed by atoms with E-state index >= 15 is 0 Å². The molecule has 6 nitrogen and oxygen atoms in total. The Labute approximate surface area is 98.3 Å². The van der Waals surface area contributed by atoms with E-state index in [1.807, 2.05) is 0 Å². The van der Waals surface area contributed by atoms with Gasteiger partial charge in [0.05, 0.1) is 25.5 Å². The van der Waals surface area contributed by atoms with Crippen molar-refractivity contribution in [2.24, 2.45) is 0 Å². The Morgan fingerprint density at radius 1 is 1.24 bits per heavy atom. The Kier molecular flexibility index (Phi) is 2.71. The van der Waals surface area contributed by atoms with E-state index in [1.165, 1.54) is 6.39 Å². The van der Waals surface area contributed by atoms with Crippen molar-refractivity contribution in [1.29, 1.82) is 0 Å². The van der Waals surface area contributed by atoms with Crippen molar-refractivity contribution in [2.45, 2.75) is 6.10 Å². The molecular weight excluding hydrogens is 220 g/mol. The summed E-state index contributed by atoms with van der Waals surface area (Å²) >= 11 is 0. The van der Waals surface area contributed by atoms with Gasteiger partial charge in [-0.1, -0.05) is 0 Å². The zero-order valence-corrected chi connectivity index (χ0v) is 9.19. The average Bonchev–Trinajstić information content (AvgIpc) is 2.94. The van der Waals surface area contributed by atoms with Crippen LogP contribution in [-0.4, -0.2) is 34.6 Å². The van der Waals surface area contributed by atoms with E-state index in [1.54, 1.807) is 24.8 Å². The third-order valence-corrected chi connectivity index (χ3v) is 2.71. The summed E-state index contributed by atoms with van der Waals surface area (Å²) < 4.78 is 10.9. The normalized spacial score (nSPS) is 20.5. The van der Waals surface area contributed by atoms with Gasteiger partial charge in [-0.25, -0.2) is 9.97 Å². The lowest BCUT2D eigenvalue weighted by Gasteiger charge is -2.32. The first kappa shape index (κ1) is 10.2. The molecule has 0 radical (unpaired) electrons. The molecule has 0 bridgehead atoms. The van der Waals surface area contributed by atoms with Crippen molar-refractivity contribution in [3.05, 3.63) is 36.9 Å². The molecule has 1 aliphatic heterocycles. The topological polar surface area (TPSA) is 64.3 Å². The van der Waals surface area contributed by atoms with E-state index in [4.69, 9.17) is 9.15 Å². The molecule has 0 aromatic carbocycles. The molecule has 1 fully saturated rings. The SMILES string of the molecule is c1cnc(N2CCOC(c3cnco3)C2)cn1.